The monoisotopic (exact) mass is 193 g/mol. The molecule has 0 rings (SSSR count). The Labute approximate surface area is 75.5 Å². The van der Waals surface area contributed by atoms with Crippen molar-refractivity contribution in [1.82, 2.24) is 5.32 Å². The third-order valence-electron chi connectivity index (χ3n) is 2.21. The smallest absolute Gasteiger partial charge is 0.152 e. The minimum absolute atomic E-state index is 0.580. The summed E-state index contributed by atoms with van der Waals surface area (Å²) in [5.74, 6) is 0. The van der Waals surface area contributed by atoms with Crippen LogP contribution in [0, 0.1) is 0 Å². The van der Waals surface area contributed by atoms with E-state index in [1.807, 2.05) is 7.05 Å². The molecule has 12 heavy (non-hydrogen) atoms. The molecular weight excluding hydrogens is 174 g/mol. The molecule has 0 aliphatic rings. The van der Waals surface area contributed by atoms with Crippen molar-refractivity contribution in [2.75, 3.05) is 19.8 Å². The van der Waals surface area contributed by atoms with Crippen molar-refractivity contribution in [2.24, 2.45) is 0 Å². The van der Waals surface area contributed by atoms with Gasteiger partial charge in [0.2, 0.25) is 0 Å². The van der Waals surface area contributed by atoms with Crippen molar-refractivity contribution in [1.29, 1.82) is 0 Å². The van der Waals surface area contributed by atoms with Crippen LogP contribution >= 0.6 is 0 Å². The standard InChI is InChI=1S/C8H19NO2S/c1-8(2,12(4,10)11)6-5-7-9-3/h9H,5-7H2,1-4H3. The Morgan fingerprint density at radius 3 is 2.17 bits per heavy atom. The zero-order valence-electron chi connectivity index (χ0n) is 8.35. The molecule has 0 saturated carbocycles. The molecule has 0 bridgehead atoms. The molecule has 0 unspecified atom stereocenters. The lowest BCUT2D eigenvalue weighted by molar-refractivity contribution is 0.515. The Hall–Kier alpha value is -0.0900. The molecule has 0 atom stereocenters. The van der Waals surface area contributed by atoms with Gasteiger partial charge in [0.05, 0.1) is 4.75 Å². The van der Waals surface area contributed by atoms with Gasteiger partial charge in [0.25, 0.3) is 0 Å². The van der Waals surface area contributed by atoms with Gasteiger partial charge in [-0.1, -0.05) is 0 Å². The van der Waals surface area contributed by atoms with E-state index in [0.717, 1.165) is 13.0 Å². The molecular formula is C8H19NO2S. The second-order valence-corrected chi connectivity index (χ2v) is 6.39. The zero-order chi connectivity index (χ0) is 9.83. The van der Waals surface area contributed by atoms with Gasteiger partial charge in [-0.05, 0) is 40.3 Å². The van der Waals surface area contributed by atoms with Crippen molar-refractivity contribution in [2.45, 2.75) is 31.4 Å². The molecule has 0 aliphatic carbocycles. The fraction of sp³-hybridized carbons (Fsp3) is 1.00. The molecule has 0 aromatic heterocycles. The van der Waals surface area contributed by atoms with Crippen LogP contribution in [0.2, 0.25) is 0 Å². The fourth-order valence-electron chi connectivity index (χ4n) is 0.876. The van der Waals surface area contributed by atoms with Gasteiger partial charge in [-0.3, -0.25) is 0 Å². The first kappa shape index (κ1) is 11.9. The molecule has 0 fully saturated rings. The molecule has 0 saturated heterocycles. The Balaban J connectivity index is 4.06. The molecule has 0 aromatic rings. The minimum Gasteiger partial charge on any atom is -0.320 e. The van der Waals surface area contributed by atoms with Crippen LogP contribution in [-0.2, 0) is 9.84 Å². The quantitative estimate of drug-likeness (QED) is 0.657. The van der Waals surface area contributed by atoms with E-state index in [0.29, 0.717) is 6.42 Å². The molecule has 4 heteroatoms. The summed E-state index contributed by atoms with van der Waals surface area (Å²) in [6.45, 7) is 4.43. The number of rotatable bonds is 5. The van der Waals surface area contributed by atoms with E-state index in [-0.39, 0.29) is 0 Å². The summed E-state index contributed by atoms with van der Waals surface area (Å²) in [4.78, 5) is 0. The highest BCUT2D eigenvalue weighted by Crippen LogP contribution is 2.20. The normalized spacial score (nSPS) is 13.3. The van der Waals surface area contributed by atoms with E-state index < -0.39 is 14.6 Å². The van der Waals surface area contributed by atoms with E-state index in [9.17, 15) is 8.42 Å². The van der Waals surface area contributed by atoms with Crippen LogP contribution in [0.3, 0.4) is 0 Å². The van der Waals surface area contributed by atoms with E-state index >= 15 is 0 Å². The van der Waals surface area contributed by atoms with Crippen LogP contribution in [0.15, 0.2) is 0 Å². The Morgan fingerprint density at radius 1 is 1.33 bits per heavy atom. The SMILES string of the molecule is CNCCCC(C)(C)S(C)(=O)=O. The second-order valence-electron chi connectivity index (χ2n) is 3.74. The van der Waals surface area contributed by atoms with E-state index in [1.54, 1.807) is 13.8 Å². The Bertz CT molecular complexity index is 219. The first-order valence-electron chi connectivity index (χ1n) is 4.15. The fourth-order valence-corrected chi connectivity index (χ4v) is 1.39. The third kappa shape index (κ3) is 3.54. The van der Waals surface area contributed by atoms with Crippen molar-refractivity contribution in [3.05, 3.63) is 0 Å². The first-order chi connectivity index (χ1) is 5.31. The number of hydrogen-bond acceptors (Lipinski definition) is 3. The van der Waals surface area contributed by atoms with Crippen molar-refractivity contribution >= 4 is 9.84 Å². The van der Waals surface area contributed by atoms with Crippen LogP contribution in [0.25, 0.3) is 0 Å². The van der Waals surface area contributed by atoms with Gasteiger partial charge in [-0.2, -0.15) is 0 Å². The van der Waals surface area contributed by atoms with Crippen molar-refractivity contribution < 1.29 is 8.42 Å². The zero-order valence-corrected chi connectivity index (χ0v) is 9.16. The average molecular weight is 193 g/mol. The lowest BCUT2D eigenvalue weighted by atomic mass is 10.1. The summed E-state index contributed by atoms with van der Waals surface area (Å²) in [6, 6.07) is 0. The maximum absolute atomic E-state index is 11.2. The summed E-state index contributed by atoms with van der Waals surface area (Å²) in [5.41, 5.74) is 0. The summed E-state index contributed by atoms with van der Waals surface area (Å²) in [5, 5.41) is 3.00. The van der Waals surface area contributed by atoms with Crippen LogP contribution in [0.4, 0.5) is 0 Å². The van der Waals surface area contributed by atoms with Crippen LogP contribution in [0.5, 0.6) is 0 Å². The van der Waals surface area contributed by atoms with Gasteiger partial charge < -0.3 is 5.32 Å². The molecule has 0 aromatic carbocycles. The van der Waals surface area contributed by atoms with Crippen LogP contribution in [0.1, 0.15) is 26.7 Å². The molecule has 0 spiro atoms. The summed E-state index contributed by atoms with van der Waals surface area (Å²) < 4.78 is 21.9. The molecule has 0 amide bonds. The van der Waals surface area contributed by atoms with Gasteiger partial charge >= 0.3 is 0 Å². The number of hydrogen-bond donors (Lipinski definition) is 1. The van der Waals surface area contributed by atoms with Gasteiger partial charge in [-0.25, -0.2) is 8.42 Å². The van der Waals surface area contributed by atoms with Crippen LogP contribution < -0.4 is 5.32 Å². The molecule has 1 N–H and O–H groups in total. The van der Waals surface area contributed by atoms with Crippen LogP contribution in [-0.4, -0.2) is 33.0 Å². The number of sulfone groups is 1. The highest BCUT2D eigenvalue weighted by atomic mass is 32.2. The second kappa shape index (κ2) is 4.23. The summed E-state index contributed by atoms with van der Waals surface area (Å²) in [6.07, 6.45) is 2.91. The predicted molar refractivity (Wildman–Crippen MR) is 52.1 cm³/mol. The maximum atomic E-state index is 11.2. The van der Waals surface area contributed by atoms with E-state index in [1.165, 1.54) is 6.26 Å². The summed E-state index contributed by atoms with van der Waals surface area (Å²) in [7, 11) is -1.04. The highest BCUT2D eigenvalue weighted by molar-refractivity contribution is 7.92. The molecule has 3 nitrogen and oxygen atoms in total. The average Bonchev–Trinajstić information content (AvgIpc) is 1.85. The van der Waals surface area contributed by atoms with Gasteiger partial charge in [0, 0.05) is 6.26 Å². The maximum Gasteiger partial charge on any atom is 0.152 e. The first-order valence-corrected chi connectivity index (χ1v) is 6.04. The van der Waals surface area contributed by atoms with Gasteiger partial charge in [-0.15, -0.1) is 0 Å². The largest absolute Gasteiger partial charge is 0.320 e. The minimum atomic E-state index is -2.91. The Kier molecular flexibility index (Phi) is 4.20. The van der Waals surface area contributed by atoms with Gasteiger partial charge in [0.1, 0.15) is 0 Å². The van der Waals surface area contributed by atoms with E-state index in [4.69, 9.17) is 0 Å². The highest BCUT2D eigenvalue weighted by Gasteiger charge is 2.28. The number of nitrogens with one attached hydrogen (secondary N) is 1. The van der Waals surface area contributed by atoms with Crippen molar-refractivity contribution in [3.8, 4) is 0 Å². The molecule has 0 aliphatic heterocycles. The topological polar surface area (TPSA) is 46.2 Å². The van der Waals surface area contributed by atoms with Gasteiger partial charge in [0.15, 0.2) is 9.84 Å². The Morgan fingerprint density at radius 2 is 1.83 bits per heavy atom. The lowest BCUT2D eigenvalue weighted by Gasteiger charge is -2.21. The van der Waals surface area contributed by atoms with E-state index in [2.05, 4.69) is 5.32 Å². The predicted octanol–water partition coefficient (Wildman–Crippen LogP) is 0.809. The molecule has 0 radical (unpaired) electrons. The lowest BCUT2D eigenvalue weighted by Crippen LogP contribution is -2.31. The van der Waals surface area contributed by atoms with Crippen molar-refractivity contribution in [3.63, 3.8) is 0 Å². The molecule has 74 valence electrons. The third-order valence-corrected chi connectivity index (χ3v) is 4.42. The molecule has 0 heterocycles. The summed E-state index contributed by atoms with van der Waals surface area (Å²) >= 11 is 0.